The first-order chi connectivity index (χ1) is 15.0. The fourth-order valence-electron chi connectivity index (χ4n) is 4.15. The molecular formula is C26H21FN2O2. The van der Waals surface area contributed by atoms with Crippen molar-refractivity contribution in [3.8, 4) is 11.1 Å². The van der Waals surface area contributed by atoms with Crippen LogP contribution >= 0.6 is 0 Å². The molecular weight excluding hydrogens is 391 g/mol. The molecule has 2 heterocycles. The first-order valence-electron chi connectivity index (χ1n) is 10.1. The van der Waals surface area contributed by atoms with Crippen molar-refractivity contribution in [2.45, 2.75) is 13.8 Å². The van der Waals surface area contributed by atoms with Crippen molar-refractivity contribution in [1.29, 1.82) is 0 Å². The number of pyridine rings is 1. The smallest absolute Gasteiger partial charge is 0.262 e. The van der Waals surface area contributed by atoms with Crippen molar-refractivity contribution in [3.05, 3.63) is 94.0 Å². The Kier molecular flexibility index (Phi) is 4.40. The predicted octanol–water partition coefficient (Wildman–Crippen LogP) is 6.45. The maximum absolute atomic E-state index is 14.9. The molecule has 0 saturated heterocycles. The van der Waals surface area contributed by atoms with Gasteiger partial charge in [-0.1, -0.05) is 48.0 Å². The van der Waals surface area contributed by atoms with Crippen molar-refractivity contribution >= 4 is 33.4 Å². The number of benzene rings is 3. The van der Waals surface area contributed by atoms with Crippen LogP contribution in [0.15, 0.2) is 75.9 Å². The van der Waals surface area contributed by atoms with E-state index in [9.17, 15) is 9.18 Å². The summed E-state index contributed by atoms with van der Waals surface area (Å²) in [6.45, 7) is 4.02. The normalized spacial score (nSPS) is 11.4. The molecule has 0 saturated carbocycles. The molecule has 0 bridgehead atoms. The third-order valence-corrected chi connectivity index (χ3v) is 5.71. The zero-order valence-corrected chi connectivity index (χ0v) is 17.5. The summed E-state index contributed by atoms with van der Waals surface area (Å²) in [6.07, 6.45) is 0. The molecule has 0 fully saturated rings. The van der Waals surface area contributed by atoms with Gasteiger partial charge in [-0.3, -0.25) is 4.79 Å². The summed E-state index contributed by atoms with van der Waals surface area (Å²) >= 11 is 0. The van der Waals surface area contributed by atoms with E-state index in [0.29, 0.717) is 28.0 Å². The Morgan fingerprint density at radius 3 is 2.48 bits per heavy atom. The minimum absolute atomic E-state index is 0.232. The third-order valence-electron chi connectivity index (χ3n) is 5.71. The van der Waals surface area contributed by atoms with Crippen LogP contribution in [0, 0.1) is 19.7 Å². The average molecular weight is 412 g/mol. The highest BCUT2D eigenvalue weighted by molar-refractivity contribution is 6.11. The second-order valence-electron chi connectivity index (χ2n) is 7.81. The van der Waals surface area contributed by atoms with E-state index >= 15 is 0 Å². The van der Waals surface area contributed by atoms with E-state index in [1.54, 1.807) is 29.8 Å². The predicted molar refractivity (Wildman–Crippen MR) is 124 cm³/mol. The maximum atomic E-state index is 14.9. The number of hydrogen-bond donors (Lipinski definition) is 1. The van der Waals surface area contributed by atoms with Gasteiger partial charge in [-0.15, -0.1) is 0 Å². The van der Waals surface area contributed by atoms with E-state index in [2.05, 4.69) is 11.4 Å². The van der Waals surface area contributed by atoms with E-state index in [1.165, 1.54) is 6.07 Å². The summed E-state index contributed by atoms with van der Waals surface area (Å²) in [7, 11) is 1.72. The number of halogens is 1. The van der Waals surface area contributed by atoms with Crippen LogP contribution in [0.5, 0.6) is 0 Å². The molecule has 0 unspecified atom stereocenters. The van der Waals surface area contributed by atoms with Gasteiger partial charge in [-0.05, 0) is 43.7 Å². The number of aryl methyl sites for hydroxylation is 3. The van der Waals surface area contributed by atoms with Gasteiger partial charge in [0.25, 0.3) is 5.56 Å². The second-order valence-corrected chi connectivity index (χ2v) is 7.81. The molecule has 0 atom stereocenters. The Bertz CT molecular complexity index is 1530. The van der Waals surface area contributed by atoms with Gasteiger partial charge >= 0.3 is 0 Å². The first-order valence-corrected chi connectivity index (χ1v) is 10.1. The van der Waals surface area contributed by atoms with Crippen molar-refractivity contribution in [1.82, 2.24) is 4.57 Å². The molecule has 154 valence electrons. The quantitative estimate of drug-likeness (QED) is 0.370. The number of nitrogens with zero attached hydrogens (tertiary/aromatic N) is 1. The minimum atomic E-state index is -0.413. The molecule has 4 nitrogen and oxygen atoms in total. The largest absolute Gasteiger partial charge is 0.439 e. The molecule has 0 aliphatic rings. The fraction of sp³-hybridized carbons (Fsp3) is 0.115. The third kappa shape index (κ3) is 3.01. The lowest BCUT2D eigenvalue weighted by Gasteiger charge is -2.10. The van der Waals surface area contributed by atoms with Crippen molar-refractivity contribution in [2.75, 3.05) is 5.32 Å². The summed E-state index contributed by atoms with van der Waals surface area (Å²) in [6, 6.07) is 20.0. The van der Waals surface area contributed by atoms with Gasteiger partial charge in [0.15, 0.2) is 5.58 Å². The Balaban J connectivity index is 1.89. The van der Waals surface area contributed by atoms with Crippen LogP contribution in [-0.4, -0.2) is 4.57 Å². The lowest BCUT2D eigenvalue weighted by molar-refractivity contribution is 0.626. The van der Waals surface area contributed by atoms with Crippen LogP contribution in [-0.2, 0) is 7.05 Å². The monoisotopic (exact) mass is 412 g/mol. The standard InChI is InChI=1S/C26H21FN2O2/c1-15-12-13-20(16(2)14-15)28-25-22(17-8-4-6-10-19(17)27)23-24(31-25)18-9-5-7-11-21(18)29(3)26(23)30/h4-14,28H,1-3H3. The molecule has 5 rings (SSSR count). The van der Waals surface area contributed by atoms with Gasteiger partial charge in [0.2, 0.25) is 5.88 Å². The number of fused-ring (bicyclic) bond motifs is 3. The van der Waals surface area contributed by atoms with Crippen LogP contribution < -0.4 is 10.9 Å². The maximum Gasteiger partial charge on any atom is 0.262 e. The van der Waals surface area contributed by atoms with E-state index in [4.69, 9.17) is 4.42 Å². The average Bonchev–Trinajstić information content (AvgIpc) is 3.13. The topological polar surface area (TPSA) is 47.2 Å². The molecule has 31 heavy (non-hydrogen) atoms. The number of furan rings is 1. The second kappa shape index (κ2) is 7.13. The molecule has 3 aromatic carbocycles. The molecule has 0 aliphatic heterocycles. The molecule has 5 aromatic rings. The van der Waals surface area contributed by atoms with Crippen molar-refractivity contribution in [2.24, 2.45) is 7.05 Å². The van der Waals surface area contributed by atoms with Crippen LogP contribution in [0.3, 0.4) is 0 Å². The molecule has 0 amide bonds. The molecule has 5 heteroatoms. The minimum Gasteiger partial charge on any atom is -0.439 e. The Hall–Kier alpha value is -3.86. The van der Waals surface area contributed by atoms with Crippen LogP contribution in [0.1, 0.15) is 11.1 Å². The van der Waals surface area contributed by atoms with E-state index in [-0.39, 0.29) is 5.56 Å². The Labute approximate surface area is 178 Å². The van der Waals surface area contributed by atoms with E-state index < -0.39 is 5.82 Å². The van der Waals surface area contributed by atoms with Crippen molar-refractivity contribution in [3.63, 3.8) is 0 Å². The Morgan fingerprint density at radius 1 is 0.968 bits per heavy atom. The Morgan fingerprint density at radius 2 is 1.71 bits per heavy atom. The zero-order valence-electron chi connectivity index (χ0n) is 17.5. The summed E-state index contributed by atoms with van der Waals surface area (Å²) < 4.78 is 22.7. The van der Waals surface area contributed by atoms with Crippen LogP contribution in [0.25, 0.3) is 33.0 Å². The highest BCUT2D eigenvalue weighted by Crippen LogP contribution is 2.42. The first kappa shape index (κ1) is 19.1. The van der Waals surface area contributed by atoms with Gasteiger partial charge in [0.1, 0.15) is 5.82 Å². The lowest BCUT2D eigenvalue weighted by atomic mass is 10.0. The SMILES string of the molecule is Cc1ccc(Nc2oc3c(c2-c2ccccc2F)c(=O)n(C)c2ccccc32)c(C)c1. The summed E-state index contributed by atoms with van der Waals surface area (Å²) in [5, 5.41) is 4.47. The number of anilines is 2. The van der Waals surface area contributed by atoms with Gasteiger partial charge in [-0.2, -0.15) is 0 Å². The summed E-state index contributed by atoms with van der Waals surface area (Å²) in [4.78, 5) is 13.4. The number of para-hydroxylation sites is 1. The fourth-order valence-corrected chi connectivity index (χ4v) is 4.15. The van der Waals surface area contributed by atoms with Gasteiger partial charge < -0.3 is 14.3 Å². The summed E-state index contributed by atoms with van der Waals surface area (Å²) in [5.74, 6) is -0.0652. The molecule has 0 aliphatic carbocycles. The van der Waals surface area contributed by atoms with Crippen molar-refractivity contribution < 1.29 is 8.81 Å². The van der Waals surface area contributed by atoms with Gasteiger partial charge in [-0.25, -0.2) is 4.39 Å². The highest BCUT2D eigenvalue weighted by atomic mass is 19.1. The lowest BCUT2D eigenvalue weighted by Crippen LogP contribution is -2.17. The molecule has 0 radical (unpaired) electrons. The summed E-state index contributed by atoms with van der Waals surface area (Å²) in [5.41, 5.74) is 4.73. The molecule has 2 aromatic heterocycles. The van der Waals surface area contributed by atoms with Gasteiger partial charge in [0, 0.05) is 23.7 Å². The number of rotatable bonds is 3. The van der Waals surface area contributed by atoms with E-state index in [1.807, 2.05) is 50.2 Å². The highest BCUT2D eigenvalue weighted by Gasteiger charge is 2.24. The molecule has 0 spiro atoms. The van der Waals surface area contributed by atoms with E-state index in [0.717, 1.165) is 27.7 Å². The number of aromatic nitrogens is 1. The van der Waals surface area contributed by atoms with Gasteiger partial charge in [0.05, 0.1) is 16.5 Å². The zero-order chi connectivity index (χ0) is 21.7. The molecule has 1 N–H and O–H groups in total. The number of hydrogen-bond acceptors (Lipinski definition) is 3. The van der Waals surface area contributed by atoms with Crippen LogP contribution in [0.4, 0.5) is 16.0 Å². The number of nitrogens with one attached hydrogen (secondary N) is 1. The van der Waals surface area contributed by atoms with Crippen LogP contribution in [0.2, 0.25) is 0 Å².